The van der Waals surface area contributed by atoms with Crippen molar-refractivity contribution in [1.29, 1.82) is 0 Å². The van der Waals surface area contributed by atoms with E-state index in [1.165, 1.54) is 0 Å². The van der Waals surface area contributed by atoms with Gasteiger partial charge in [-0.3, -0.25) is 5.10 Å². The van der Waals surface area contributed by atoms with Crippen molar-refractivity contribution in [2.75, 3.05) is 11.5 Å². The Balaban J connectivity index is 2.00. The Kier molecular flexibility index (Phi) is 2.68. The summed E-state index contributed by atoms with van der Waals surface area (Å²) in [6.07, 6.45) is 0. The van der Waals surface area contributed by atoms with E-state index in [0.717, 1.165) is 33.9 Å². The minimum Gasteiger partial charge on any atom is -0.399 e. The van der Waals surface area contributed by atoms with E-state index >= 15 is 0 Å². The fourth-order valence-electron chi connectivity index (χ4n) is 2.02. The number of nitrogens with two attached hydrogens (primary N) is 2. The highest BCUT2D eigenvalue weighted by Crippen LogP contribution is 2.25. The molecule has 0 bridgehead atoms. The van der Waals surface area contributed by atoms with Crippen molar-refractivity contribution in [3.63, 3.8) is 0 Å². The third-order valence-corrected chi connectivity index (χ3v) is 2.96. The van der Waals surface area contributed by atoms with Gasteiger partial charge in [0.15, 0.2) is 0 Å². The highest BCUT2D eigenvalue weighted by atomic mass is 15.1. The van der Waals surface area contributed by atoms with Crippen LogP contribution in [-0.4, -0.2) is 10.2 Å². The van der Waals surface area contributed by atoms with Crippen molar-refractivity contribution in [3.8, 4) is 22.5 Å². The molecule has 0 saturated heterocycles. The lowest BCUT2D eigenvalue weighted by molar-refractivity contribution is 1.10. The third-order valence-electron chi connectivity index (χ3n) is 2.96. The average molecular weight is 250 g/mol. The molecule has 0 saturated carbocycles. The molecule has 2 aromatic carbocycles. The molecule has 0 radical (unpaired) electrons. The Morgan fingerprint density at radius 1 is 0.789 bits per heavy atom. The number of aromatic amines is 1. The molecule has 0 amide bonds. The molecule has 0 fully saturated rings. The molecule has 1 aromatic heterocycles. The van der Waals surface area contributed by atoms with Gasteiger partial charge in [-0.2, -0.15) is 5.10 Å². The minimum absolute atomic E-state index is 0.728. The van der Waals surface area contributed by atoms with Gasteiger partial charge in [0.05, 0.1) is 11.4 Å². The summed E-state index contributed by atoms with van der Waals surface area (Å²) in [4.78, 5) is 0. The van der Waals surface area contributed by atoms with Crippen LogP contribution in [0, 0.1) is 0 Å². The molecule has 0 atom stereocenters. The van der Waals surface area contributed by atoms with Crippen molar-refractivity contribution < 1.29 is 0 Å². The van der Waals surface area contributed by atoms with Gasteiger partial charge in [-0.25, -0.2) is 0 Å². The molecular formula is C15H14N4. The van der Waals surface area contributed by atoms with Crippen LogP contribution in [0.15, 0.2) is 54.6 Å². The molecule has 1 heterocycles. The van der Waals surface area contributed by atoms with Gasteiger partial charge in [0.2, 0.25) is 0 Å². The highest BCUT2D eigenvalue weighted by molar-refractivity contribution is 5.71. The molecule has 3 rings (SSSR count). The maximum atomic E-state index is 5.78. The largest absolute Gasteiger partial charge is 0.399 e. The average Bonchev–Trinajstić information content (AvgIpc) is 2.88. The van der Waals surface area contributed by atoms with Crippen molar-refractivity contribution in [2.45, 2.75) is 0 Å². The predicted molar refractivity (Wildman–Crippen MR) is 78.3 cm³/mol. The van der Waals surface area contributed by atoms with Gasteiger partial charge >= 0.3 is 0 Å². The highest BCUT2D eigenvalue weighted by Gasteiger charge is 2.06. The molecule has 0 aliphatic carbocycles. The topological polar surface area (TPSA) is 80.7 Å². The first-order chi connectivity index (χ1) is 9.22. The summed E-state index contributed by atoms with van der Waals surface area (Å²) in [6.45, 7) is 0. The molecule has 0 unspecified atom stereocenters. The molecular weight excluding hydrogens is 236 g/mol. The Labute approximate surface area is 111 Å². The Bertz CT molecular complexity index is 655. The number of hydrogen-bond donors (Lipinski definition) is 3. The van der Waals surface area contributed by atoms with Gasteiger partial charge in [-0.1, -0.05) is 24.3 Å². The maximum Gasteiger partial charge on any atom is 0.0927 e. The number of rotatable bonds is 2. The Morgan fingerprint density at radius 3 is 2.11 bits per heavy atom. The zero-order valence-corrected chi connectivity index (χ0v) is 10.3. The lowest BCUT2D eigenvalue weighted by Crippen LogP contribution is -1.84. The van der Waals surface area contributed by atoms with Crippen molar-refractivity contribution in [1.82, 2.24) is 10.2 Å². The second-order valence-corrected chi connectivity index (χ2v) is 4.42. The summed E-state index contributed by atoms with van der Waals surface area (Å²) < 4.78 is 0. The SMILES string of the molecule is Nc1cccc(-c2cc(-c3cccc(N)c3)[nH]n2)c1. The molecule has 0 spiro atoms. The zero-order valence-electron chi connectivity index (χ0n) is 10.3. The minimum atomic E-state index is 0.728. The summed E-state index contributed by atoms with van der Waals surface area (Å²) in [7, 11) is 0. The van der Waals surface area contributed by atoms with Crippen molar-refractivity contribution in [2.24, 2.45) is 0 Å². The second kappa shape index (κ2) is 4.49. The van der Waals surface area contributed by atoms with E-state index in [1.54, 1.807) is 0 Å². The second-order valence-electron chi connectivity index (χ2n) is 4.42. The molecule has 19 heavy (non-hydrogen) atoms. The first-order valence-corrected chi connectivity index (χ1v) is 5.99. The molecule has 4 heteroatoms. The molecule has 5 N–H and O–H groups in total. The molecule has 3 aromatic rings. The standard InChI is InChI=1S/C15H14N4/c16-12-5-1-3-10(7-12)14-9-15(19-18-14)11-4-2-6-13(17)8-11/h1-9H,16-17H2,(H,18,19). The number of hydrogen-bond acceptors (Lipinski definition) is 3. The number of nitrogens with one attached hydrogen (secondary N) is 1. The molecule has 4 nitrogen and oxygen atoms in total. The molecule has 0 aliphatic rings. The van der Waals surface area contributed by atoms with E-state index in [0.29, 0.717) is 0 Å². The van der Waals surface area contributed by atoms with Crippen molar-refractivity contribution >= 4 is 11.4 Å². The molecule has 0 aliphatic heterocycles. The van der Waals surface area contributed by atoms with E-state index < -0.39 is 0 Å². The van der Waals surface area contributed by atoms with Crippen molar-refractivity contribution in [3.05, 3.63) is 54.6 Å². The normalized spacial score (nSPS) is 10.5. The summed E-state index contributed by atoms with van der Waals surface area (Å²) in [5, 5.41) is 7.33. The number of benzene rings is 2. The van der Waals surface area contributed by atoms with Crippen LogP contribution in [0.1, 0.15) is 0 Å². The van der Waals surface area contributed by atoms with Crippen LogP contribution in [0.5, 0.6) is 0 Å². The van der Waals surface area contributed by atoms with Crippen LogP contribution in [0.3, 0.4) is 0 Å². The van der Waals surface area contributed by atoms with E-state index in [4.69, 9.17) is 11.5 Å². The summed E-state index contributed by atoms with van der Waals surface area (Å²) in [5.74, 6) is 0. The fraction of sp³-hybridized carbons (Fsp3) is 0. The number of H-pyrrole nitrogens is 1. The fourth-order valence-corrected chi connectivity index (χ4v) is 2.02. The number of anilines is 2. The monoisotopic (exact) mass is 250 g/mol. The quantitative estimate of drug-likeness (QED) is 0.612. The van der Waals surface area contributed by atoms with Gasteiger partial charge in [-0.15, -0.1) is 0 Å². The summed E-state index contributed by atoms with van der Waals surface area (Å²) in [5.41, 5.74) is 16.8. The van der Waals surface area contributed by atoms with Crippen LogP contribution in [0.4, 0.5) is 11.4 Å². The van der Waals surface area contributed by atoms with Crippen LogP contribution in [0.2, 0.25) is 0 Å². The van der Waals surface area contributed by atoms with E-state index in [-0.39, 0.29) is 0 Å². The van der Waals surface area contributed by atoms with Crippen LogP contribution in [0.25, 0.3) is 22.5 Å². The lowest BCUT2D eigenvalue weighted by atomic mass is 10.1. The maximum absolute atomic E-state index is 5.78. The predicted octanol–water partition coefficient (Wildman–Crippen LogP) is 2.91. The van der Waals surface area contributed by atoms with Gasteiger partial charge in [0.25, 0.3) is 0 Å². The Morgan fingerprint density at radius 2 is 1.42 bits per heavy atom. The van der Waals surface area contributed by atoms with Gasteiger partial charge in [0.1, 0.15) is 0 Å². The first-order valence-electron chi connectivity index (χ1n) is 5.99. The molecule has 94 valence electrons. The summed E-state index contributed by atoms with van der Waals surface area (Å²) >= 11 is 0. The smallest absolute Gasteiger partial charge is 0.0927 e. The van der Waals surface area contributed by atoms with Crippen LogP contribution < -0.4 is 11.5 Å². The first kappa shape index (κ1) is 11.3. The van der Waals surface area contributed by atoms with Gasteiger partial charge in [0, 0.05) is 22.5 Å². The number of aromatic nitrogens is 2. The third kappa shape index (κ3) is 2.28. The number of nitrogen functional groups attached to an aromatic ring is 2. The Hall–Kier alpha value is -2.75. The number of nitrogens with zero attached hydrogens (tertiary/aromatic N) is 1. The lowest BCUT2D eigenvalue weighted by Gasteiger charge is -1.98. The van der Waals surface area contributed by atoms with Crippen LogP contribution >= 0.6 is 0 Å². The van der Waals surface area contributed by atoms with E-state index in [2.05, 4.69) is 10.2 Å². The van der Waals surface area contributed by atoms with E-state index in [9.17, 15) is 0 Å². The zero-order chi connectivity index (χ0) is 13.2. The van der Waals surface area contributed by atoms with Gasteiger partial charge < -0.3 is 11.5 Å². The van der Waals surface area contributed by atoms with Gasteiger partial charge in [-0.05, 0) is 30.3 Å². The van der Waals surface area contributed by atoms with Crippen LogP contribution in [-0.2, 0) is 0 Å². The summed E-state index contributed by atoms with van der Waals surface area (Å²) in [6, 6.07) is 17.3. The van der Waals surface area contributed by atoms with E-state index in [1.807, 2.05) is 54.6 Å².